The maximum absolute atomic E-state index is 12.2. The number of rotatable bonds is 7. The summed E-state index contributed by atoms with van der Waals surface area (Å²) in [7, 11) is 0. The molecule has 1 amide bonds. The number of para-hydroxylation sites is 2. The lowest BCUT2D eigenvalue weighted by Crippen LogP contribution is -2.42. The molecule has 1 unspecified atom stereocenters. The highest BCUT2D eigenvalue weighted by Crippen LogP contribution is 2.30. The zero-order chi connectivity index (χ0) is 19.1. The average Bonchev–Trinajstić information content (AvgIpc) is 2.68. The second kappa shape index (κ2) is 9.07. The Morgan fingerprint density at radius 3 is 2.70 bits per heavy atom. The molecule has 0 radical (unpaired) electrons. The SMILES string of the molecule is CC(C)CCOc1ccc(C=NNC(=O)C2COc3ccccc3O2)cc1. The number of carbonyl (C=O) groups is 1. The first-order valence-electron chi connectivity index (χ1n) is 9.06. The highest BCUT2D eigenvalue weighted by atomic mass is 16.6. The van der Waals surface area contributed by atoms with E-state index in [1.54, 1.807) is 18.3 Å². The van der Waals surface area contributed by atoms with Crippen LogP contribution in [0.4, 0.5) is 0 Å². The molecule has 0 spiro atoms. The highest BCUT2D eigenvalue weighted by molar-refractivity contribution is 5.85. The van der Waals surface area contributed by atoms with Crippen molar-refractivity contribution in [1.82, 2.24) is 5.43 Å². The number of nitrogens with zero attached hydrogens (tertiary/aromatic N) is 1. The Kier molecular flexibility index (Phi) is 6.30. The molecule has 0 aliphatic carbocycles. The Hall–Kier alpha value is -3.02. The topological polar surface area (TPSA) is 69.2 Å². The predicted molar refractivity (Wildman–Crippen MR) is 103 cm³/mol. The van der Waals surface area contributed by atoms with Crippen LogP contribution >= 0.6 is 0 Å². The molecule has 1 N–H and O–H groups in total. The predicted octanol–water partition coefficient (Wildman–Crippen LogP) is 3.40. The number of fused-ring (bicyclic) bond motifs is 1. The fourth-order valence-electron chi connectivity index (χ4n) is 2.45. The molecule has 0 saturated carbocycles. The second-order valence-corrected chi connectivity index (χ2v) is 6.70. The van der Waals surface area contributed by atoms with Crippen molar-refractivity contribution < 1.29 is 19.0 Å². The molecule has 2 aromatic carbocycles. The Morgan fingerprint density at radius 1 is 1.22 bits per heavy atom. The summed E-state index contributed by atoms with van der Waals surface area (Å²) < 4.78 is 16.8. The van der Waals surface area contributed by atoms with Crippen molar-refractivity contribution in [3.63, 3.8) is 0 Å². The van der Waals surface area contributed by atoms with Crippen molar-refractivity contribution in [3.05, 3.63) is 54.1 Å². The largest absolute Gasteiger partial charge is 0.494 e. The summed E-state index contributed by atoms with van der Waals surface area (Å²) in [4.78, 5) is 12.2. The third kappa shape index (κ3) is 5.48. The molecule has 6 heteroatoms. The van der Waals surface area contributed by atoms with Crippen molar-refractivity contribution in [2.24, 2.45) is 11.0 Å². The van der Waals surface area contributed by atoms with Crippen LogP contribution in [0.5, 0.6) is 17.2 Å². The summed E-state index contributed by atoms with van der Waals surface area (Å²) in [5, 5.41) is 3.99. The molecular formula is C21H24N2O4. The standard InChI is InChI=1S/C21H24N2O4/c1-15(2)11-12-25-17-9-7-16(8-10-17)13-22-23-21(24)20-14-26-18-5-3-4-6-19(18)27-20/h3-10,13,15,20H,11-12,14H2,1-2H3,(H,23,24). The number of hydrogen-bond donors (Lipinski definition) is 1. The van der Waals surface area contributed by atoms with Gasteiger partial charge in [-0.1, -0.05) is 26.0 Å². The zero-order valence-electron chi connectivity index (χ0n) is 15.6. The van der Waals surface area contributed by atoms with Gasteiger partial charge in [-0.25, -0.2) is 5.43 Å². The third-order valence-corrected chi connectivity index (χ3v) is 4.03. The number of hydrazone groups is 1. The highest BCUT2D eigenvalue weighted by Gasteiger charge is 2.26. The van der Waals surface area contributed by atoms with Crippen LogP contribution in [0.1, 0.15) is 25.8 Å². The average molecular weight is 368 g/mol. The van der Waals surface area contributed by atoms with Crippen LogP contribution in [0.3, 0.4) is 0 Å². The number of ether oxygens (including phenoxy) is 3. The van der Waals surface area contributed by atoms with Crippen molar-refractivity contribution in [3.8, 4) is 17.2 Å². The molecule has 0 bridgehead atoms. The molecule has 0 saturated heterocycles. The normalized spacial score (nSPS) is 15.7. The minimum absolute atomic E-state index is 0.154. The quantitative estimate of drug-likeness (QED) is 0.601. The van der Waals surface area contributed by atoms with Gasteiger partial charge in [0.05, 0.1) is 12.8 Å². The summed E-state index contributed by atoms with van der Waals surface area (Å²) in [5.74, 6) is 2.28. The summed E-state index contributed by atoms with van der Waals surface area (Å²) in [6.07, 6.45) is 1.87. The van der Waals surface area contributed by atoms with Crippen LogP contribution in [0.25, 0.3) is 0 Å². The van der Waals surface area contributed by atoms with E-state index in [1.807, 2.05) is 36.4 Å². The van der Waals surface area contributed by atoms with Crippen LogP contribution in [0.2, 0.25) is 0 Å². The minimum Gasteiger partial charge on any atom is -0.494 e. The maximum Gasteiger partial charge on any atom is 0.284 e. The molecule has 3 rings (SSSR count). The van der Waals surface area contributed by atoms with Crippen LogP contribution in [-0.4, -0.2) is 31.4 Å². The lowest BCUT2D eigenvalue weighted by molar-refractivity contribution is -0.130. The van der Waals surface area contributed by atoms with Crippen molar-refractivity contribution in [1.29, 1.82) is 0 Å². The monoisotopic (exact) mass is 368 g/mol. The summed E-state index contributed by atoms with van der Waals surface area (Å²) >= 11 is 0. The molecule has 2 aromatic rings. The van der Waals surface area contributed by atoms with Gasteiger partial charge in [-0.15, -0.1) is 0 Å². The van der Waals surface area contributed by atoms with E-state index >= 15 is 0 Å². The Balaban J connectivity index is 1.47. The molecule has 0 aromatic heterocycles. The van der Waals surface area contributed by atoms with Gasteiger partial charge in [-0.3, -0.25) is 4.79 Å². The van der Waals surface area contributed by atoms with Gasteiger partial charge in [-0.05, 0) is 54.3 Å². The second-order valence-electron chi connectivity index (χ2n) is 6.70. The minimum atomic E-state index is -0.728. The summed E-state index contributed by atoms with van der Waals surface area (Å²) in [6, 6.07) is 14.8. The first kappa shape index (κ1) is 18.8. The number of carbonyl (C=O) groups excluding carboxylic acids is 1. The van der Waals surface area contributed by atoms with E-state index in [0.717, 1.165) is 17.7 Å². The van der Waals surface area contributed by atoms with E-state index in [2.05, 4.69) is 24.4 Å². The van der Waals surface area contributed by atoms with E-state index in [0.29, 0.717) is 24.0 Å². The van der Waals surface area contributed by atoms with Crippen LogP contribution in [-0.2, 0) is 4.79 Å². The smallest absolute Gasteiger partial charge is 0.284 e. The molecule has 27 heavy (non-hydrogen) atoms. The fourth-order valence-corrected chi connectivity index (χ4v) is 2.45. The first-order valence-corrected chi connectivity index (χ1v) is 9.06. The van der Waals surface area contributed by atoms with Crippen molar-refractivity contribution in [2.45, 2.75) is 26.4 Å². The van der Waals surface area contributed by atoms with Gasteiger partial charge in [0.25, 0.3) is 5.91 Å². The van der Waals surface area contributed by atoms with Gasteiger partial charge in [0.2, 0.25) is 6.10 Å². The molecule has 1 aliphatic heterocycles. The summed E-state index contributed by atoms with van der Waals surface area (Å²) in [5.41, 5.74) is 3.35. The molecule has 142 valence electrons. The van der Waals surface area contributed by atoms with Crippen molar-refractivity contribution in [2.75, 3.05) is 13.2 Å². The summed E-state index contributed by atoms with van der Waals surface area (Å²) in [6.45, 7) is 5.19. The Morgan fingerprint density at radius 2 is 1.96 bits per heavy atom. The van der Waals surface area contributed by atoms with Gasteiger partial charge in [-0.2, -0.15) is 5.10 Å². The van der Waals surface area contributed by atoms with Gasteiger partial charge < -0.3 is 14.2 Å². The lowest BCUT2D eigenvalue weighted by atomic mass is 10.1. The molecule has 1 heterocycles. The maximum atomic E-state index is 12.2. The van der Waals surface area contributed by atoms with Crippen molar-refractivity contribution >= 4 is 12.1 Å². The van der Waals surface area contributed by atoms with Crippen LogP contribution in [0.15, 0.2) is 53.6 Å². The van der Waals surface area contributed by atoms with Gasteiger partial charge >= 0.3 is 0 Å². The first-order chi connectivity index (χ1) is 13.1. The Labute approximate surface area is 159 Å². The molecule has 6 nitrogen and oxygen atoms in total. The third-order valence-electron chi connectivity index (χ3n) is 4.03. The molecule has 1 atom stereocenters. The number of amides is 1. The number of nitrogens with one attached hydrogen (secondary N) is 1. The van der Waals surface area contributed by atoms with Gasteiger partial charge in [0.1, 0.15) is 12.4 Å². The Bertz CT molecular complexity index is 787. The lowest BCUT2D eigenvalue weighted by Gasteiger charge is -2.24. The van der Waals surface area contributed by atoms with E-state index in [1.165, 1.54) is 0 Å². The van der Waals surface area contributed by atoms with Gasteiger partial charge in [0.15, 0.2) is 11.5 Å². The molecule has 1 aliphatic rings. The van der Waals surface area contributed by atoms with Crippen LogP contribution in [0, 0.1) is 5.92 Å². The van der Waals surface area contributed by atoms with E-state index in [9.17, 15) is 4.79 Å². The van der Waals surface area contributed by atoms with Gasteiger partial charge in [0, 0.05) is 0 Å². The number of benzene rings is 2. The van der Waals surface area contributed by atoms with E-state index in [-0.39, 0.29) is 12.5 Å². The fraction of sp³-hybridized carbons (Fsp3) is 0.333. The molecular weight excluding hydrogens is 344 g/mol. The van der Waals surface area contributed by atoms with Crippen LogP contribution < -0.4 is 19.6 Å². The zero-order valence-corrected chi connectivity index (χ0v) is 15.6. The number of hydrogen-bond acceptors (Lipinski definition) is 5. The molecule has 0 fully saturated rings. The van der Waals surface area contributed by atoms with E-state index < -0.39 is 6.10 Å². The van der Waals surface area contributed by atoms with E-state index in [4.69, 9.17) is 14.2 Å².